The van der Waals surface area contributed by atoms with Crippen molar-refractivity contribution in [2.45, 2.75) is 25.0 Å². The second kappa shape index (κ2) is 11.1. The molecule has 33 heavy (non-hydrogen) atoms. The molecule has 0 fully saturated rings. The van der Waals surface area contributed by atoms with Crippen molar-refractivity contribution in [3.63, 3.8) is 0 Å². The van der Waals surface area contributed by atoms with E-state index < -0.39 is 35.7 Å². The van der Waals surface area contributed by atoms with Crippen LogP contribution in [0.15, 0.2) is 48.7 Å². The Bertz CT molecular complexity index is 1050. The van der Waals surface area contributed by atoms with Crippen molar-refractivity contribution >= 4 is 23.4 Å². The second-order valence-corrected chi connectivity index (χ2v) is 7.71. The lowest BCUT2D eigenvalue weighted by atomic mass is 9.98. The molecule has 7 nitrogen and oxygen atoms in total. The third-order valence-corrected chi connectivity index (χ3v) is 5.21. The maximum Gasteiger partial charge on any atom is 0.265 e. The zero-order valence-electron chi connectivity index (χ0n) is 17.8. The first-order valence-corrected chi connectivity index (χ1v) is 10.5. The summed E-state index contributed by atoms with van der Waals surface area (Å²) in [7, 11) is 1.48. The topological polar surface area (TPSA) is 85.9 Å². The molecule has 176 valence electrons. The largest absolute Gasteiger partial charge is 0.484 e. The number of hydrogen-bond acceptors (Lipinski definition) is 5. The molecule has 2 aromatic rings. The molecule has 1 heterocycles. The van der Waals surface area contributed by atoms with E-state index in [0.717, 1.165) is 6.07 Å². The van der Waals surface area contributed by atoms with Crippen LogP contribution in [0.4, 0.5) is 8.78 Å². The molecule has 0 saturated heterocycles. The van der Waals surface area contributed by atoms with E-state index in [-0.39, 0.29) is 36.8 Å². The van der Waals surface area contributed by atoms with E-state index in [1.807, 2.05) is 0 Å². The molecule has 2 atom stereocenters. The van der Waals surface area contributed by atoms with Gasteiger partial charge in [0.1, 0.15) is 23.1 Å². The lowest BCUT2D eigenvalue weighted by Gasteiger charge is -2.30. The Morgan fingerprint density at radius 3 is 2.76 bits per heavy atom. The van der Waals surface area contributed by atoms with Gasteiger partial charge in [0.2, 0.25) is 0 Å². The minimum Gasteiger partial charge on any atom is -0.484 e. The van der Waals surface area contributed by atoms with Gasteiger partial charge >= 0.3 is 0 Å². The Morgan fingerprint density at radius 2 is 2.03 bits per heavy atom. The number of ether oxygens (including phenoxy) is 3. The molecule has 3 rings (SSSR count). The molecule has 0 saturated carbocycles. The highest BCUT2D eigenvalue weighted by atomic mass is 35.5. The molecule has 1 aliphatic heterocycles. The number of halogens is 3. The third-order valence-electron chi connectivity index (χ3n) is 4.90. The highest BCUT2D eigenvalue weighted by molar-refractivity contribution is 6.30. The predicted molar refractivity (Wildman–Crippen MR) is 117 cm³/mol. The average molecular weight is 481 g/mol. The number of hydrogen-bond donors (Lipinski definition) is 2. The maximum absolute atomic E-state index is 13.5. The summed E-state index contributed by atoms with van der Waals surface area (Å²) in [5, 5.41) is 5.23. The molecule has 0 radical (unpaired) electrons. The number of benzene rings is 2. The number of amides is 2. The quantitative estimate of drug-likeness (QED) is 0.572. The standard InChI is InChI=1S/C23H23ClF2N2O5/c1-13(7-8-27-22(29)12-32-15-4-5-17(24)18(26)10-15)28-23(30)21-11-20(31-2)16-9-14(25)3-6-19(16)33-21/h3-6,9-10,20-21H,1,7-8,11-12H2,2H3,(H,27,29)(H,28,30). The van der Waals surface area contributed by atoms with Gasteiger partial charge in [-0.05, 0) is 30.3 Å². The van der Waals surface area contributed by atoms with Gasteiger partial charge < -0.3 is 24.8 Å². The van der Waals surface area contributed by atoms with Gasteiger partial charge in [0.25, 0.3) is 11.8 Å². The maximum atomic E-state index is 13.5. The van der Waals surface area contributed by atoms with Gasteiger partial charge in [0, 0.05) is 43.8 Å². The fraction of sp³-hybridized carbons (Fsp3) is 0.304. The number of carbonyl (C=O) groups excluding carboxylic acids is 2. The molecule has 0 aliphatic carbocycles. The molecule has 10 heteroatoms. The molecule has 1 aliphatic rings. The molecule has 2 aromatic carbocycles. The van der Waals surface area contributed by atoms with E-state index in [2.05, 4.69) is 17.2 Å². The Balaban J connectivity index is 1.41. The average Bonchev–Trinajstić information content (AvgIpc) is 2.79. The Morgan fingerprint density at radius 1 is 1.24 bits per heavy atom. The van der Waals surface area contributed by atoms with Crippen LogP contribution in [0, 0.1) is 11.6 Å². The van der Waals surface area contributed by atoms with Crippen molar-refractivity contribution in [1.82, 2.24) is 10.6 Å². The summed E-state index contributed by atoms with van der Waals surface area (Å²) in [6, 6.07) is 7.91. The highest BCUT2D eigenvalue weighted by Crippen LogP contribution is 2.37. The van der Waals surface area contributed by atoms with Gasteiger partial charge in [-0.1, -0.05) is 18.2 Å². The molecular weight excluding hydrogens is 458 g/mol. The monoisotopic (exact) mass is 480 g/mol. The zero-order chi connectivity index (χ0) is 24.0. The summed E-state index contributed by atoms with van der Waals surface area (Å²) in [4.78, 5) is 24.5. The summed E-state index contributed by atoms with van der Waals surface area (Å²) in [6.45, 7) is 3.68. The van der Waals surface area contributed by atoms with Crippen LogP contribution in [0.5, 0.6) is 11.5 Å². The van der Waals surface area contributed by atoms with E-state index in [9.17, 15) is 18.4 Å². The molecule has 2 N–H and O–H groups in total. The van der Waals surface area contributed by atoms with Crippen molar-refractivity contribution in [3.8, 4) is 11.5 Å². The number of nitrogens with one attached hydrogen (secondary N) is 2. The van der Waals surface area contributed by atoms with Gasteiger partial charge in [-0.2, -0.15) is 0 Å². The SMILES string of the molecule is C=C(CCNC(=O)COc1ccc(Cl)c(F)c1)NC(=O)C1CC(OC)c2cc(F)ccc2O1. The minimum absolute atomic E-state index is 0.0400. The second-order valence-electron chi connectivity index (χ2n) is 7.31. The molecule has 0 bridgehead atoms. The van der Waals surface area contributed by atoms with Gasteiger partial charge in [-0.3, -0.25) is 9.59 Å². The molecule has 0 spiro atoms. The van der Waals surface area contributed by atoms with Gasteiger partial charge in [-0.15, -0.1) is 0 Å². The van der Waals surface area contributed by atoms with E-state index in [0.29, 0.717) is 17.0 Å². The van der Waals surface area contributed by atoms with Crippen LogP contribution in [0.3, 0.4) is 0 Å². The van der Waals surface area contributed by atoms with Crippen LogP contribution in [0.1, 0.15) is 24.5 Å². The smallest absolute Gasteiger partial charge is 0.265 e. The molecular formula is C23H23ClF2N2O5. The Hall–Kier alpha value is -3.17. The van der Waals surface area contributed by atoms with Gasteiger partial charge in [0.05, 0.1) is 11.1 Å². The number of fused-ring (bicyclic) bond motifs is 1. The lowest BCUT2D eigenvalue weighted by Crippen LogP contribution is -2.41. The molecule has 2 amide bonds. The molecule has 0 aromatic heterocycles. The van der Waals surface area contributed by atoms with Crippen molar-refractivity contribution in [2.75, 3.05) is 20.3 Å². The Labute approximate surface area is 194 Å². The number of methoxy groups -OCH3 is 1. The van der Waals surface area contributed by atoms with Crippen LogP contribution in [0.25, 0.3) is 0 Å². The van der Waals surface area contributed by atoms with Crippen LogP contribution in [0.2, 0.25) is 5.02 Å². The Kier molecular flexibility index (Phi) is 8.24. The lowest BCUT2D eigenvalue weighted by molar-refractivity contribution is -0.130. The normalized spacial score (nSPS) is 16.8. The summed E-state index contributed by atoms with van der Waals surface area (Å²) in [5.41, 5.74) is 0.926. The zero-order valence-corrected chi connectivity index (χ0v) is 18.6. The first kappa shape index (κ1) is 24.5. The fourth-order valence-electron chi connectivity index (χ4n) is 3.22. The molecule has 2 unspecified atom stereocenters. The van der Waals surface area contributed by atoms with Crippen LogP contribution in [-0.4, -0.2) is 38.2 Å². The van der Waals surface area contributed by atoms with E-state index >= 15 is 0 Å². The fourth-order valence-corrected chi connectivity index (χ4v) is 3.34. The van der Waals surface area contributed by atoms with Gasteiger partial charge in [0.15, 0.2) is 12.7 Å². The first-order valence-electron chi connectivity index (χ1n) is 10.1. The summed E-state index contributed by atoms with van der Waals surface area (Å²) < 4.78 is 43.2. The van der Waals surface area contributed by atoms with Crippen molar-refractivity contribution in [3.05, 3.63) is 70.9 Å². The summed E-state index contributed by atoms with van der Waals surface area (Å²) >= 11 is 5.59. The van der Waals surface area contributed by atoms with E-state index in [1.54, 1.807) is 0 Å². The minimum atomic E-state index is -0.840. The van der Waals surface area contributed by atoms with E-state index in [1.165, 1.54) is 37.4 Å². The van der Waals surface area contributed by atoms with Crippen molar-refractivity contribution in [1.29, 1.82) is 0 Å². The van der Waals surface area contributed by atoms with Crippen LogP contribution >= 0.6 is 11.6 Å². The van der Waals surface area contributed by atoms with Gasteiger partial charge in [-0.25, -0.2) is 8.78 Å². The van der Waals surface area contributed by atoms with E-state index in [4.69, 9.17) is 25.8 Å². The van der Waals surface area contributed by atoms with Crippen LogP contribution in [-0.2, 0) is 14.3 Å². The predicted octanol–water partition coefficient (Wildman–Crippen LogP) is 3.67. The van der Waals surface area contributed by atoms with Crippen LogP contribution < -0.4 is 20.1 Å². The third kappa shape index (κ3) is 6.66. The highest BCUT2D eigenvalue weighted by Gasteiger charge is 2.33. The van der Waals surface area contributed by atoms with Crippen molar-refractivity contribution in [2.24, 2.45) is 0 Å². The van der Waals surface area contributed by atoms with Crippen molar-refractivity contribution < 1.29 is 32.6 Å². The summed E-state index contributed by atoms with van der Waals surface area (Å²) in [5.74, 6) is -1.34. The summed E-state index contributed by atoms with van der Waals surface area (Å²) in [6.07, 6.45) is -0.838. The number of rotatable bonds is 9. The first-order chi connectivity index (χ1) is 15.8. The number of carbonyl (C=O) groups is 2.